The molecule has 2 N–H and O–H groups in total. The Morgan fingerprint density at radius 2 is 1.82 bits per heavy atom. The van der Waals surface area contributed by atoms with E-state index in [2.05, 4.69) is 4.57 Å². The summed E-state index contributed by atoms with van der Waals surface area (Å²) in [6.07, 6.45) is 5.90. The number of pyridine rings is 1. The minimum absolute atomic E-state index is 0. The van der Waals surface area contributed by atoms with E-state index in [4.69, 9.17) is 9.84 Å². The van der Waals surface area contributed by atoms with E-state index in [1.165, 1.54) is 7.11 Å². The quantitative estimate of drug-likeness (QED) is 0.598. The average molecular weight is 398 g/mol. The summed E-state index contributed by atoms with van der Waals surface area (Å²) in [5.74, 6) is -0.396. The van der Waals surface area contributed by atoms with E-state index in [9.17, 15) is 9.90 Å². The molecular weight excluding hydrogens is 378 g/mol. The number of benzene rings is 2. The third-order valence-electron chi connectivity index (χ3n) is 4.18. The molecule has 1 heterocycles. The first-order chi connectivity index (χ1) is 13.1. The third-order valence-corrected chi connectivity index (χ3v) is 4.18. The van der Waals surface area contributed by atoms with Crippen molar-refractivity contribution in [3.05, 3.63) is 89.2 Å². The van der Waals surface area contributed by atoms with Gasteiger partial charge in [-0.3, -0.25) is 0 Å². The summed E-state index contributed by atoms with van der Waals surface area (Å²) in [5, 5.41) is 18.7. The summed E-state index contributed by atoms with van der Waals surface area (Å²) in [6.45, 7) is 0.624. The summed E-state index contributed by atoms with van der Waals surface area (Å²) >= 11 is 0. The normalized spacial score (nSPS) is 10.5. The van der Waals surface area contributed by atoms with E-state index in [0.717, 1.165) is 16.8 Å². The van der Waals surface area contributed by atoms with Crippen molar-refractivity contribution in [2.45, 2.75) is 6.54 Å². The Labute approximate surface area is 169 Å². The van der Waals surface area contributed by atoms with Gasteiger partial charge in [-0.15, -0.1) is 0 Å². The molecule has 2 aromatic carbocycles. The Morgan fingerprint density at radius 1 is 1.07 bits per heavy atom. The number of ether oxygens (including phenoxy) is 1. The van der Waals surface area contributed by atoms with Crippen molar-refractivity contribution < 1.29 is 36.7 Å². The zero-order chi connectivity index (χ0) is 19.2. The number of aromatic carboxylic acids is 1. The maximum Gasteiger partial charge on any atom is 0.335 e. The lowest BCUT2D eigenvalue weighted by atomic mass is 10.1. The number of methoxy groups -OCH3 is 1. The van der Waals surface area contributed by atoms with Crippen molar-refractivity contribution in [2.24, 2.45) is 0 Å². The summed E-state index contributed by atoms with van der Waals surface area (Å²) in [4.78, 5) is 11.0. The van der Waals surface area contributed by atoms with E-state index >= 15 is 0 Å². The molecule has 6 heteroatoms. The average Bonchev–Trinajstić information content (AvgIpc) is 2.68. The van der Waals surface area contributed by atoms with Crippen LogP contribution in [0.3, 0.4) is 0 Å². The molecular formula is C22H20ClNO4. The summed E-state index contributed by atoms with van der Waals surface area (Å²) < 4.78 is 7.21. The molecule has 0 saturated heterocycles. The summed E-state index contributed by atoms with van der Waals surface area (Å²) in [5.41, 5.74) is 3.19. The highest BCUT2D eigenvalue weighted by Gasteiger charge is 2.09. The number of carboxylic acids is 1. The van der Waals surface area contributed by atoms with Crippen LogP contribution in [0.4, 0.5) is 0 Å². The van der Waals surface area contributed by atoms with E-state index in [1.807, 2.05) is 54.7 Å². The van der Waals surface area contributed by atoms with Crippen LogP contribution in [0.15, 0.2) is 66.9 Å². The van der Waals surface area contributed by atoms with Gasteiger partial charge in [-0.2, -0.15) is 4.57 Å². The zero-order valence-corrected chi connectivity index (χ0v) is 16.0. The van der Waals surface area contributed by atoms with Crippen molar-refractivity contribution in [3.8, 4) is 11.5 Å². The number of aromatic nitrogens is 1. The highest BCUT2D eigenvalue weighted by atomic mass is 35.5. The summed E-state index contributed by atoms with van der Waals surface area (Å²) in [7, 11) is 1.52. The van der Waals surface area contributed by atoms with Crippen LogP contribution in [0.1, 0.15) is 27.2 Å². The lowest BCUT2D eigenvalue weighted by molar-refractivity contribution is -0.690. The molecule has 0 atom stereocenters. The Hall–Kier alpha value is -3.31. The number of carboxylic acid groups (broad SMARTS) is 1. The van der Waals surface area contributed by atoms with Crippen LogP contribution < -0.4 is 21.7 Å². The molecule has 5 nitrogen and oxygen atoms in total. The molecule has 0 aliphatic heterocycles. The lowest BCUT2D eigenvalue weighted by Crippen LogP contribution is -3.00. The number of nitrogens with zero attached hydrogens (tertiary/aromatic N) is 1. The highest BCUT2D eigenvalue weighted by Crippen LogP contribution is 2.26. The highest BCUT2D eigenvalue weighted by molar-refractivity contribution is 5.87. The minimum Gasteiger partial charge on any atom is -1.00 e. The second-order valence-electron chi connectivity index (χ2n) is 6.02. The smallest absolute Gasteiger partial charge is 0.335 e. The molecule has 0 radical (unpaired) electrons. The van der Waals surface area contributed by atoms with Gasteiger partial charge < -0.3 is 27.4 Å². The van der Waals surface area contributed by atoms with Crippen molar-refractivity contribution in [1.82, 2.24) is 0 Å². The van der Waals surface area contributed by atoms with Crippen LogP contribution in [0.2, 0.25) is 0 Å². The topological polar surface area (TPSA) is 70.6 Å². The zero-order valence-electron chi connectivity index (χ0n) is 15.2. The molecule has 3 aromatic rings. The van der Waals surface area contributed by atoms with Gasteiger partial charge in [0.1, 0.15) is 0 Å². The molecule has 3 rings (SSSR count). The Kier molecular flexibility index (Phi) is 7.18. The van der Waals surface area contributed by atoms with E-state index in [-0.39, 0.29) is 23.7 Å². The van der Waals surface area contributed by atoms with E-state index in [0.29, 0.717) is 12.3 Å². The first-order valence-electron chi connectivity index (χ1n) is 8.42. The number of phenols is 1. The standard InChI is InChI=1S/C22H19NO4.ClH/c1-27-21-14-16(8-12-20(21)24)7-11-19-4-2-3-13-23(19)15-17-5-9-18(10-6-17)22(25)26;/h2-14H,15H2,1H3,(H,25,26);1H. The van der Waals surface area contributed by atoms with E-state index < -0.39 is 5.97 Å². The fourth-order valence-electron chi connectivity index (χ4n) is 2.71. The largest absolute Gasteiger partial charge is 1.00 e. The molecule has 1 aromatic heterocycles. The minimum atomic E-state index is -0.929. The van der Waals surface area contributed by atoms with Gasteiger partial charge in [-0.1, -0.05) is 18.2 Å². The Morgan fingerprint density at radius 3 is 2.50 bits per heavy atom. The maximum atomic E-state index is 11.0. The number of aromatic hydroxyl groups is 1. The van der Waals surface area contributed by atoms with Gasteiger partial charge in [0, 0.05) is 23.8 Å². The number of rotatable bonds is 6. The van der Waals surface area contributed by atoms with Crippen LogP contribution in [0, 0.1) is 0 Å². The molecule has 0 unspecified atom stereocenters. The first-order valence-corrected chi connectivity index (χ1v) is 8.42. The van der Waals surface area contributed by atoms with Gasteiger partial charge in [-0.25, -0.2) is 4.79 Å². The van der Waals surface area contributed by atoms with Crippen molar-refractivity contribution in [3.63, 3.8) is 0 Å². The SMILES string of the molecule is COc1cc(/C=C/c2cccc[n+]2Cc2ccc(C(=O)O)cc2)ccc1O.[Cl-]. The number of hydrogen-bond acceptors (Lipinski definition) is 3. The monoisotopic (exact) mass is 397 g/mol. The fourth-order valence-corrected chi connectivity index (χ4v) is 2.71. The molecule has 144 valence electrons. The van der Waals surface area contributed by atoms with Crippen LogP contribution in [-0.4, -0.2) is 23.3 Å². The number of carbonyl (C=O) groups is 1. The Balaban J connectivity index is 0.00000280. The molecule has 0 fully saturated rings. The van der Waals surface area contributed by atoms with Gasteiger partial charge in [0.15, 0.2) is 24.2 Å². The molecule has 0 spiro atoms. The predicted octanol–water partition coefficient (Wildman–Crippen LogP) is 0.609. The third kappa shape index (κ3) is 5.11. The van der Waals surface area contributed by atoms with Crippen molar-refractivity contribution in [2.75, 3.05) is 7.11 Å². The van der Waals surface area contributed by atoms with Crippen LogP contribution in [0.5, 0.6) is 11.5 Å². The van der Waals surface area contributed by atoms with Gasteiger partial charge in [0.25, 0.3) is 0 Å². The van der Waals surface area contributed by atoms with Crippen molar-refractivity contribution in [1.29, 1.82) is 0 Å². The number of hydrogen-bond donors (Lipinski definition) is 2. The number of phenolic OH excluding ortho intramolecular Hbond substituents is 1. The second kappa shape index (κ2) is 9.58. The Bertz CT molecular complexity index is 984. The molecule has 0 amide bonds. The first kappa shape index (κ1) is 21.0. The fraction of sp³-hybridized carbons (Fsp3) is 0.0909. The predicted molar refractivity (Wildman–Crippen MR) is 103 cm³/mol. The molecule has 28 heavy (non-hydrogen) atoms. The van der Waals surface area contributed by atoms with Crippen molar-refractivity contribution >= 4 is 18.1 Å². The van der Waals surface area contributed by atoms with Gasteiger partial charge in [-0.05, 0) is 42.0 Å². The lowest BCUT2D eigenvalue weighted by Gasteiger charge is -2.04. The molecule has 0 aliphatic rings. The number of halogens is 1. The van der Waals surface area contributed by atoms with Gasteiger partial charge in [0.2, 0.25) is 5.69 Å². The van der Waals surface area contributed by atoms with Crippen LogP contribution in [0.25, 0.3) is 12.2 Å². The van der Waals surface area contributed by atoms with Crippen LogP contribution >= 0.6 is 0 Å². The van der Waals surface area contributed by atoms with Gasteiger partial charge in [0.05, 0.1) is 12.7 Å². The molecule has 0 bridgehead atoms. The molecule has 0 aliphatic carbocycles. The van der Waals surface area contributed by atoms with Crippen LogP contribution in [-0.2, 0) is 6.54 Å². The second-order valence-corrected chi connectivity index (χ2v) is 6.02. The molecule has 0 saturated carbocycles. The summed E-state index contributed by atoms with van der Waals surface area (Å²) in [6, 6.07) is 18.0. The van der Waals surface area contributed by atoms with E-state index in [1.54, 1.807) is 24.3 Å². The maximum absolute atomic E-state index is 11.0. The van der Waals surface area contributed by atoms with Gasteiger partial charge >= 0.3 is 5.97 Å².